The van der Waals surface area contributed by atoms with Crippen molar-refractivity contribution in [3.8, 4) is 0 Å². The highest BCUT2D eigenvalue weighted by molar-refractivity contribution is 7.81. The standard InChI is InChI=1S/C11H17NS/c1-6-12(5)10-9(7(2)3)8(4)11(10)13/h7H,4,6H2,1-3,5H3. The SMILES string of the molecule is C=C1C(=S)C(N(C)CC)=C1C(C)C. The van der Waals surface area contributed by atoms with Crippen molar-refractivity contribution in [2.24, 2.45) is 5.92 Å². The van der Waals surface area contributed by atoms with Crippen molar-refractivity contribution >= 4 is 17.1 Å². The molecule has 1 rings (SSSR count). The third kappa shape index (κ3) is 1.55. The Bertz CT molecular complexity index is 286. The van der Waals surface area contributed by atoms with Crippen molar-refractivity contribution in [1.82, 2.24) is 4.90 Å². The lowest BCUT2D eigenvalue weighted by Gasteiger charge is -2.36. The number of rotatable bonds is 3. The maximum Gasteiger partial charge on any atom is 0.0683 e. The van der Waals surface area contributed by atoms with Crippen molar-refractivity contribution in [1.29, 1.82) is 0 Å². The molecule has 1 nitrogen and oxygen atoms in total. The summed E-state index contributed by atoms with van der Waals surface area (Å²) in [4.78, 5) is 3.15. The molecule has 0 fully saturated rings. The number of allylic oxidation sites excluding steroid dienone is 2. The topological polar surface area (TPSA) is 3.24 Å². The van der Waals surface area contributed by atoms with Crippen molar-refractivity contribution < 1.29 is 0 Å². The second-order valence-corrected chi connectivity index (χ2v) is 4.15. The highest BCUT2D eigenvalue weighted by atomic mass is 32.1. The molecule has 13 heavy (non-hydrogen) atoms. The molecule has 0 aliphatic heterocycles. The maximum absolute atomic E-state index is 5.27. The van der Waals surface area contributed by atoms with Gasteiger partial charge in [-0.3, -0.25) is 0 Å². The zero-order valence-corrected chi connectivity index (χ0v) is 9.66. The van der Waals surface area contributed by atoms with Crippen LogP contribution in [-0.4, -0.2) is 23.4 Å². The molecule has 0 aromatic carbocycles. The largest absolute Gasteiger partial charge is 0.373 e. The molecule has 1 aliphatic rings. The summed E-state index contributed by atoms with van der Waals surface area (Å²) in [7, 11) is 2.08. The lowest BCUT2D eigenvalue weighted by molar-refractivity contribution is 0.449. The lowest BCUT2D eigenvalue weighted by atomic mass is 9.81. The van der Waals surface area contributed by atoms with Gasteiger partial charge in [0.05, 0.1) is 10.6 Å². The molecule has 0 aromatic heterocycles. The molecule has 0 unspecified atom stereocenters. The van der Waals surface area contributed by atoms with Crippen LogP contribution < -0.4 is 0 Å². The van der Waals surface area contributed by atoms with Gasteiger partial charge in [-0.05, 0) is 24.0 Å². The van der Waals surface area contributed by atoms with Crippen LogP contribution in [0.3, 0.4) is 0 Å². The summed E-state index contributed by atoms with van der Waals surface area (Å²) < 4.78 is 0. The molecular weight excluding hydrogens is 178 g/mol. The first-order chi connectivity index (χ1) is 6.00. The quantitative estimate of drug-likeness (QED) is 0.503. The van der Waals surface area contributed by atoms with Crippen LogP contribution in [0.2, 0.25) is 0 Å². The highest BCUT2D eigenvalue weighted by Gasteiger charge is 2.31. The first-order valence-electron chi connectivity index (χ1n) is 4.70. The molecular formula is C11H17NS. The fourth-order valence-electron chi connectivity index (χ4n) is 1.63. The Morgan fingerprint density at radius 3 is 2.38 bits per heavy atom. The van der Waals surface area contributed by atoms with E-state index in [0.29, 0.717) is 5.92 Å². The summed E-state index contributed by atoms with van der Waals surface area (Å²) in [5, 5.41) is 0. The normalized spacial score (nSPS) is 16.7. The summed E-state index contributed by atoms with van der Waals surface area (Å²) in [5.41, 5.74) is 3.65. The highest BCUT2D eigenvalue weighted by Crippen LogP contribution is 2.36. The Morgan fingerprint density at radius 2 is 2.00 bits per heavy atom. The van der Waals surface area contributed by atoms with Gasteiger partial charge in [-0.15, -0.1) is 0 Å². The number of hydrogen-bond donors (Lipinski definition) is 0. The number of nitrogens with zero attached hydrogens (tertiary/aromatic N) is 1. The summed E-state index contributed by atoms with van der Waals surface area (Å²) in [5.74, 6) is 0.531. The van der Waals surface area contributed by atoms with E-state index in [1.165, 1.54) is 11.3 Å². The summed E-state index contributed by atoms with van der Waals surface area (Å²) in [6, 6.07) is 0. The molecule has 0 spiro atoms. The van der Waals surface area contributed by atoms with E-state index < -0.39 is 0 Å². The van der Waals surface area contributed by atoms with Crippen LogP contribution >= 0.6 is 12.2 Å². The van der Waals surface area contributed by atoms with E-state index in [-0.39, 0.29) is 0 Å². The second-order valence-electron chi connectivity index (χ2n) is 3.74. The monoisotopic (exact) mass is 195 g/mol. The van der Waals surface area contributed by atoms with Crippen LogP contribution in [0.25, 0.3) is 0 Å². The molecule has 0 bridgehead atoms. The Morgan fingerprint density at radius 1 is 1.46 bits per heavy atom. The van der Waals surface area contributed by atoms with Gasteiger partial charge in [-0.2, -0.15) is 0 Å². The number of hydrogen-bond acceptors (Lipinski definition) is 2. The fourth-order valence-corrected chi connectivity index (χ4v) is 2.00. The summed E-state index contributed by atoms with van der Waals surface area (Å²) in [6.07, 6.45) is 0. The lowest BCUT2D eigenvalue weighted by Crippen LogP contribution is -2.34. The van der Waals surface area contributed by atoms with Gasteiger partial charge < -0.3 is 4.90 Å². The zero-order valence-electron chi connectivity index (χ0n) is 8.85. The van der Waals surface area contributed by atoms with E-state index in [0.717, 1.165) is 17.0 Å². The van der Waals surface area contributed by atoms with Crippen LogP contribution in [-0.2, 0) is 0 Å². The first kappa shape index (κ1) is 10.5. The Hall–Kier alpha value is -0.630. The minimum atomic E-state index is 0.531. The van der Waals surface area contributed by atoms with E-state index >= 15 is 0 Å². The summed E-state index contributed by atoms with van der Waals surface area (Å²) in [6.45, 7) is 11.5. The zero-order chi connectivity index (χ0) is 10.2. The van der Waals surface area contributed by atoms with Crippen molar-refractivity contribution in [2.45, 2.75) is 20.8 Å². The van der Waals surface area contributed by atoms with E-state index in [9.17, 15) is 0 Å². The predicted octanol–water partition coefficient (Wildman–Crippen LogP) is 2.79. The average Bonchev–Trinajstić information content (AvgIpc) is 2.10. The van der Waals surface area contributed by atoms with Gasteiger partial charge >= 0.3 is 0 Å². The molecule has 0 radical (unpaired) electrons. The van der Waals surface area contributed by atoms with Crippen LogP contribution in [0.15, 0.2) is 23.4 Å². The molecule has 1 aliphatic carbocycles. The first-order valence-corrected chi connectivity index (χ1v) is 5.10. The molecule has 0 aromatic rings. The van der Waals surface area contributed by atoms with Gasteiger partial charge in [0.1, 0.15) is 0 Å². The van der Waals surface area contributed by atoms with E-state index in [1.807, 2.05) is 0 Å². The third-order valence-electron chi connectivity index (χ3n) is 2.50. The molecule has 72 valence electrons. The van der Waals surface area contributed by atoms with E-state index in [2.05, 4.69) is 39.3 Å². The Labute approximate surface area is 86.1 Å². The molecule has 0 N–H and O–H groups in total. The van der Waals surface area contributed by atoms with Crippen LogP contribution in [0.5, 0.6) is 0 Å². The Kier molecular flexibility index (Phi) is 2.91. The molecule has 0 atom stereocenters. The van der Waals surface area contributed by atoms with Gasteiger partial charge in [0, 0.05) is 13.6 Å². The molecule has 0 heterocycles. The van der Waals surface area contributed by atoms with E-state index in [4.69, 9.17) is 12.2 Å². The smallest absolute Gasteiger partial charge is 0.0683 e. The molecule has 2 heteroatoms. The van der Waals surface area contributed by atoms with E-state index in [1.54, 1.807) is 0 Å². The third-order valence-corrected chi connectivity index (χ3v) is 2.94. The molecule has 0 saturated heterocycles. The van der Waals surface area contributed by atoms with Gasteiger partial charge in [0.15, 0.2) is 0 Å². The van der Waals surface area contributed by atoms with Crippen molar-refractivity contribution in [3.63, 3.8) is 0 Å². The second kappa shape index (κ2) is 3.62. The molecule has 0 saturated carbocycles. The average molecular weight is 195 g/mol. The number of thiocarbonyl (C=S) groups is 1. The maximum atomic E-state index is 5.27. The Balaban J connectivity index is 3.04. The van der Waals surface area contributed by atoms with Gasteiger partial charge in [-0.25, -0.2) is 0 Å². The van der Waals surface area contributed by atoms with Crippen LogP contribution in [0.1, 0.15) is 20.8 Å². The predicted molar refractivity (Wildman–Crippen MR) is 61.9 cm³/mol. The minimum absolute atomic E-state index is 0.531. The van der Waals surface area contributed by atoms with Crippen molar-refractivity contribution in [3.05, 3.63) is 23.4 Å². The molecule has 0 amide bonds. The van der Waals surface area contributed by atoms with Gasteiger partial charge in [-0.1, -0.05) is 32.6 Å². The fraction of sp³-hybridized carbons (Fsp3) is 0.545. The van der Waals surface area contributed by atoms with Crippen LogP contribution in [0.4, 0.5) is 0 Å². The van der Waals surface area contributed by atoms with Crippen molar-refractivity contribution in [2.75, 3.05) is 13.6 Å². The van der Waals surface area contributed by atoms with Gasteiger partial charge in [0.2, 0.25) is 0 Å². The van der Waals surface area contributed by atoms with Gasteiger partial charge in [0.25, 0.3) is 0 Å². The minimum Gasteiger partial charge on any atom is -0.373 e. The van der Waals surface area contributed by atoms with Crippen LogP contribution in [0, 0.1) is 5.92 Å². The summed E-state index contributed by atoms with van der Waals surface area (Å²) >= 11 is 5.27.